The number of benzene rings is 2. The first-order chi connectivity index (χ1) is 13.0. The average Bonchev–Trinajstić information content (AvgIpc) is 3.09. The molecule has 2 aromatic carbocycles. The fourth-order valence-corrected chi connectivity index (χ4v) is 2.83. The molecule has 0 saturated carbocycles. The number of halogens is 2. The van der Waals surface area contributed by atoms with Crippen LogP contribution in [-0.2, 0) is 0 Å². The van der Waals surface area contributed by atoms with Gasteiger partial charge in [0.05, 0.1) is 28.3 Å². The molecule has 0 spiro atoms. The van der Waals surface area contributed by atoms with Gasteiger partial charge in [-0.25, -0.2) is 18.7 Å². The van der Waals surface area contributed by atoms with Crippen molar-refractivity contribution in [3.8, 4) is 34.0 Å². The smallest absolute Gasteiger partial charge is 0.147 e. The molecule has 4 rings (SSSR count). The van der Waals surface area contributed by atoms with Crippen LogP contribution < -0.4 is 11.5 Å². The van der Waals surface area contributed by atoms with E-state index in [1.807, 2.05) is 30.3 Å². The van der Waals surface area contributed by atoms with Crippen molar-refractivity contribution in [2.24, 2.45) is 0 Å². The number of nitrogens with two attached hydrogens (primary N) is 2. The molecule has 0 bridgehead atoms. The molecule has 0 aliphatic heterocycles. The second kappa shape index (κ2) is 6.53. The number of rotatable bonds is 3. The van der Waals surface area contributed by atoms with Crippen LogP contribution in [-0.4, -0.2) is 15.0 Å². The fraction of sp³-hybridized carbons (Fsp3) is 0. The summed E-state index contributed by atoms with van der Waals surface area (Å²) in [5.41, 5.74) is 13.9. The van der Waals surface area contributed by atoms with E-state index in [0.29, 0.717) is 22.8 Å². The minimum Gasteiger partial charge on any atom is -0.396 e. The largest absolute Gasteiger partial charge is 0.396 e. The van der Waals surface area contributed by atoms with Crippen molar-refractivity contribution in [2.45, 2.75) is 0 Å². The van der Waals surface area contributed by atoms with Gasteiger partial charge < -0.3 is 16.5 Å². The third-order valence-electron chi connectivity index (χ3n) is 4.16. The summed E-state index contributed by atoms with van der Waals surface area (Å²) in [6, 6.07) is 16.2. The molecule has 0 fully saturated rings. The lowest BCUT2D eigenvalue weighted by Gasteiger charge is -2.05. The first-order valence-electron chi connectivity index (χ1n) is 8.17. The monoisotopic (exact) mass is 363 g/mol. The third-order valence-corrected chi connectivity index (χ3v) is 4.16. The molecule has 2 aromatic heterocycles. The van der Waals surface area contributed by atoms with Gasteiger partial charge in [-0.15, -0.1) is 0 Å². The van der Waals surface area contributed by atoms with Crippen molar-refractivity contribution in [1.82, 2.24) is 15.0 Å². The highest BCUT2D eigenvalue weighted by atomic mass is 19.1. The molecular formula is C20H15F2N5. The standard InChI is InChI=1S/C20H15F2N5/c21-12-7-4-8-13(22)16(12)20-26-17(11-5-2-1-3-6-11)18(27-20)15-10-9-14(23)19(24)25-15/h1-10H,23H2,(H2,24,25)(H,26,27). The van der Waals surface area contributed by atoms with Crippen LogP contribution in [0.25, 0.3) is 34.0 Å². The molecule has 7 heteroatoms. The summed E-state index contributed by atoms with van der Waals surface area (Å²) in [7, 11) is 0. The van der Waals surface area contributed by atoms with Crippen molar-refractivity contribution in [1.29, 1.82) is 0 Å². The molecule has 4 aromatic rings. The van der Waals surface area contributed by atoms with Gasteiger partial charge in [-0.1, -0.05) is 36.4 Å². The van der Waals surface area contributed by atoms with E-state index >= 15 is 0 Å². The van der Waals surface area contributed by atoms with Gasteiger partial charge in [-0.2, -0.15) is 0 Å². The highest BCUT2D eigenvalue weighted by Gasteiger charge is 2.20. The number of aromatic nitrogens is 3. The molecule has 0 amide bonds. The van der Waals surface area contributed by atoms with Gasteiger partial charge in [0.2, 0.25) is 0 Å². The van der Waals surface area contributed by atoms with Crippen LogP contribution >= 0.6 is 0 Å². The van der Waals surface area contributed by atoms with Gasteiger partial charge in [-0.3, -0.25) is 0 Å². The Morgan fingerprint density at radius 2 is 1.48 bits per heavy atom. The van der Waals surface area contributed by atoms with E-state index in [2.05, 4.69) is 15.0 Å². The van der Waals surface area contributed by atoms with E-state index in [1.54, 1.807) is 12.1 Å². The van der Waals surface area contributed by atoms with Crippen LogP contribution in [0.4, 0.5) is 20.3 Å². The molecule has 5 N–H and O–H groups in total. The number of nitrogens with zero attached hydrogens (tertiary/aromatic N) is 2. The van der Waals surface area contributed by atoms with Gasteiger partial charge in [0.25, 0.3) is 0 Å². The Morgan fingerprint density at radius 3 is 2.15 bits per heavy atom. The average molecular weight is 363 g/mol. The van der Waals surface area contributed by atoms with Crippen LogP contribution in [0.5, 0.6) is 0 Å². The van der Waals surface area contributed by atoms with Gasteiger partial charge in [0.15, 0.2) is 0 Å². The van der Waals surface area contributed by atoms with Crippen molar-refractivity contribution in [3.63, 3.8) is 0 Å². The highest BCUT2D eigenvalue weighted by Crippen LogP contribution is 2.34. The minimum absolute atomic E-state index is 0.0663. The van der Waals surface area contributed by atoms with Crippen molar-refractivity contribution in [2.75, 3.05) is 11.5 Å². The molecular weight excluding hydrogens is 348 g/mol. The zero-order valence-corrected chi connectivity index (χ0v) is 14.1. The number of nitrogens with one attached hydrogen (secondary N) is 1. The lowest BCUT2D eigenvalue weighted by Crippen LogP contribution is -1.99. The number of nitrogen functional groups attached to an aromatic ring is 2. The van der Waals surface area contributed by atoms with Crippen molar-refractivity contribution >= 4 is 11.5 Å². The molecule has 0 aliphatic rings. The predicted octanol–water partition coefficient (Wildman–Crippen LogP) is 4.25. The molecule has 0 atom stereocenters. The van der Waals surface area contributed by atoms with E-state index < -0.39 is 11.6 Å². The molecule has 2 heterocycles. The van der Waals surface area contributed by atoms with Gasteiger partial charge in [0.1, 0.15) is 23.3 Å². The van der Waals surface area contributed by atoms with Crippen LogP contribution in [0.2, 0.25) is 0 Å². The van der Waals surface area contributed by atoms with E-state index in [1.165, 1.54) is 18.2 Å². The normalized spacial score (nSPS) is 10.9. The lowest BCUT2D eigenvalue weighted by atomic mass is 10.1. The molecule has 5 nitrogen and oxygen atoms in total. The summed E-state index contributed by atoms with van der Waals surface area (Å²) in [6.45, 7) is 0. The number of imidazole rings is 1. The molecule has 27 heavy (non-hydrogen) atoms. The van der Waals surface area contributed by atoms with E-state index in [4.69, 9.17) is 11.5 Å². The second-order valence-corrected chi connectivity index (χ2v) is 5.94. The SMILES string of the molecule is Nc1ccc(-c2[nH]c(-c3c(F)cccc3F)nc2-c2ccccc2)nc1N. The van der Waals surface area contributed by atoms with Crippen LogP contribution in [0.15, 0.2) is 60.7 Å². The summed E-state index contributed by atoms with van der Waals surface area (Å²) in [5.74, 6) is -1.18. The first-order valence-corrected chi connectivity index (χ1v) is 8.17. The summed E-state index contributed by atoms with van der Waals surface area (Å²) in [6.07, 6.45) is 0. The Bertz CT molecular complexity index is 1100. The molecule has 0 unspecified atom stereocenters. The first kappa shape index (κ1) is 16.7. The van der Waals surface area contributed by atoms with Gasteiger partial charge >= 0.3 is 0 Å². The molecule has 0 aliphatic carbocycles. The Kier molecular flexibility index (Phi) is 4.04. The maximum atomic E-state index is 14.2. The summed E-state index contributed by atoms with van der Waals surface area (Å²) in [4.78, 5) is 11.7. The Labute approximate surface area is 153 Å². The van der Waals surface area contributed by atoms with Gasteiger partial charge in [-0.05, 0) is 24.3 Å². The Hall–Kier alpha value is -3.74. The zero-order valence-electron chi connectivity index (χ0n) is 14.1. The number of hydrogen-bond acceptors (Lipinski definition) is 4. The van der Waals surface area contributed by atoms with E-state index in [9.17, 15) is 8.78 Å². The van der Waals surface area contributed by atoms with Gasteiger partial charge in [0, 0.05) is 5.56 Å². The fourth-order valence-electron chi connectivity index (χ4n) is 2.83. The number of aromatic amines is 1. The molecule has 0 radical (unpaired) electrons. The topological polar surface area (TPSA) is 93.6 Å². The number of H-pyrrole nitrogens is 1. The lowest BCUT2D eigenvalue weighted by molar-refractivity contribution is 0.588. The minimum atomic E-state index is -0.709. The number of hydrogen-bond donors (Lipinski definition) is 3. The second-order valence-electron chi connectivity index (χ2n) is 5.94. The summed E-state index contributed by atoms with van der Waals surface area (Å²) in [5, 5.41) is 0. The summed E-state index contributed by atoms with van der Waals surface area (Å²) >= 11 is 0. The maximum Gasteiger partial charge on any atom is 0.147 e. The molecule has 134 valence electrons. The molecule has 0 saturated heterocycles. The van der Waals surface area contributed by atoms with E-state index in [-0.39, 0.29) is 17.2 Å². The number of pyridine rings is 1. The van der Waals surface area contributed by atoms with Crippen LogP contribution in [0, 0.1) is 11.6 Å². The quantitative estimate of drug-likeness (QED) is 0.507. The van der Waals surface area contributed by atoms with Crippen LogP contribution in [0.3, 0.4) is 0 Å². The third kappa shape index (κ3) is 2.99. The Balaban J connectivity index is 1.97. The number of anilines is 2. The van der Waals surface area contributed by atoms with Crippen molar-refractivity contribution in [3.05, 3.63) is 72.3 Å². The highest BCUT2D eigenvalue weighted by molar-refractivity contribution is 5.81. The van der Waals surface area contributed by atoms with Crippen LogP contribution in [0.1, 0.15) is 0 Å². The summed E-state index contributed by atoms with van der Waals surface area (Å²) < 4.78 is 28.5. The maximum absolute atomic E-state index is 14.2. The van der Waals surface area contributed by atoms with E-state index in [0.717, 1.165) is 5.56 Å². The predicted molar refractivity (Wildman–Crippen MR) is 101 cm³/mol. The van der Waals surface area contributed by atoms with Crippen molar-refractivity contribution < 1.29 is 8.78 Å². The zero-order chi connectivity index (χ0) is 19.0. The Morgan fingerprint density at radius 1 is 0.778 bits per heavy atom.